The smallest absolute Gasteiger partial charge is 0.246 e. The Labute approximate surface area is 181 Å². The van der Waals surface area contributed by atoms with Crippen LogP contribution < -0.4 is 16.0 Å². The number of hydrogen-bond donors (Lipinski definition) is 3. The van der Waals surface area contributed by atoms with E-state index >= 15 is 0 Å². The zero-order chi connectivity index (χ0) is 21.6. The molecule has 10 nitrogen and oxygen atoms in total. The summed E-state index contributed by atoms with van der Waals surface area (Å²) >= 11 is 0. The standard InChI is InChI=1S/C21H28N8O2/c1-2-19(31)28-9-5-8-17(13-28)29-12-16(10-24-29)26-21-22-11-18(23-14-30)20(27-21)25-15-6-3-4-7-15/h2,10-12,14-15,17H,1,3-9,13H2,(H,23,30)(H2,22,25,26,27)/t17-/m0/s1. The highest BCUT2D eigenvalue weighted by Gasteiger charge is 2.24. The van der Waals surface area contributed by atoms with Crippen LogP contribution in [-0.4, -0.2) is 56.1 Å². The van der Waals surface area contributed by atoms with E-state index < -0.39 is 0 Å². The SMILES string of the molecule is C=CC(=O)N1CCC[C@H](n2cc(Nc3ncc(NC=O)c(NC4CCCC4)n3)cn2)C1. The molecule has 3 heterocycles. The topological polar surface area (TPSA) is 117 Å². The lowest BCUT2D eigenvalue weighted by molar-refractivity contribution is -0.127. The van der Waals surface area contributed by atoms with E-state index in [0.29, 0.717) is 36.5 Å². The second kappa shape index (κ2) is 9.59. The molecule has 1 aliphatic carbocycles. The van der Waals surface area contributed by atoms with Crippen molar-refractivity contribution in [1.82, 2.24) is 24.6 Å². The van der Waals surface area contributed by atoms with E-state index in [2.05, 4.69) is 37.6 Å². The number of carbonyl (C=O) groups is 2. The molecular formula is C21H28N8O2. The van der Waals surface area contributed by atoms with Gasteiger partial charge in [-0.25, -0.2) is 4.98 Å². The molecule has 0 radical (unpaired) electrons. The number of hydrogen-bond acceptors (Lipinski definition) is 7. The summed E-state index contributed by atoms with van der Waals surface area (Å²) in [4.78, 5) is 33.5. The maximum atomic E-state index is 11.9. The van der Waals surface area contributed by atoms with Crippen LogP contribution in [-0.2, 0) is 9.59 Å². The second-order valence-corrected chi connectivity index (χ2v) is 7.96. The predicted octanol–water partition coefficient (Wildman–Crippen LogP) is 2.69. The molecule has 164 valence electrons. The van der Waals surface area contributed by atoms with Gasteiger partial charge in [0.15, 0.2) is 5.82 Å². The summed E-state index contributed by atoms with van der Waals surface area (Å²) in [6.45, 7) is 4.94. The number of nitrogens with zero attached hydrogens (tertiary/aromatic N) is 5. The van der Waals surface area contributed by atoms with Gasteiger partial charge in [0.25, 0.3) is 0 Å². The van der Waals surface area contributed by atoms with Crippen molar-refractivity contribution in [2.75, 3.05) is 29.0 Å². The van der Waals surface area contributed by atoms with Crippen molar-refractivity contribution in [3.05, 3.63) is 31.2 Å². The van der Waals surface area contributed by atoms with Crippen LogP contribution in [0.4, 0.5) is 23.1 Å². The Morgan fingerprint density at radius 3 is 2.81 bits per heavy atom. The molecule has 3 N–H and O–H groups in total. The third-order valence-electron chi connectivity index (χ3n) is 5.81. The number of anilines is 4. The average molecular weight is 425 g/mol. The van der Waals surface area contributed by atoms with E-state index in [1.165, 1.54) is 18.9 Å². The molecular weight excluding hydrogens is 396 g/mol. The summed E-state index contributed by atoms with van der Waals surface area (Å²) in [5, 5.41) is 13.7. The Morgan fingerprint density at radius 2 is 2.03 bits per heavy atom. The Morgan fingerprint density at radius 1 is 1.19 bits per heavy atom. The molecule has 0 aromatic carbocycles. The second-order valence-electron chi connectivity index (χ2n) is 7.96. The molecule has 2 amide bonds. The molecule has 10 heteroatoms. The largest absolute Gasteiger partial charge is 0.365 e. The minimum Gasteiger partial charge on any atom is -0.365 e. The normalized spacial score (nSPS) is 19.1. The van der Waals surface area contributed by atoms with Crippen molar-refractivity contribution in [3.8, 4) is 0 Å². The number of likely N-dealkylation sites (tertiary alicyclic amines) is 1. The number of nitrogens with one attached hydrogen (secondary N) is 3. The molecule has 31 heavy (non-hydrogen) atoms. The first-order valence-electron chi connectivity index (χ1n) is 10.7. The summed E-state index contributed by atoms with van der Waals surface area (Å²) in [6, 6.07) is 0.470. The van der Waals surface area contributed by atoms with Gasteiger partial charge in [0.05, 0.1) is 24.1 Å². The molecule has 1 saturated heterocycles. The third-order valence-corrected chi connectivity index (χ3v) is 5.81. The third kappa shape index (κ3) is 5.01. The van der Waals surface area contributed by atoms with Crippen LogP contribution in [0.15, 0.2) is 31.2 Å². The number of piperidine rings is 1. The van der Waals surface area contributed by atoms with E-state index in [1.807, 2.05) is 10.9 Å². The fourth-order valence-corrected chi connectivity index (χ4v) is 4.22. The van der Waals surface area contributed by atoms with Crippen LogP contribution in [0.1, 0.15) is 44.6 Å². The molecule has 0 spiro atoms. The van der Waals surface area contributed by atoms with Crippen molar-refractivity contribution >= 4 is 35.5 Å². The molecule has 0 unspecified atom stereocenters. The van der Waals surface area contributed by atoms with Crippen LogP contribution in [0.25, 0.3) is 0 Å². The van der Waals surface area contributed by atoms with E-state index in [0.717, 1.165) is 37.9 Å². The molecule has 0 bridgehead atoms. The fourth-order valence-electron chi connectivity index (χ4n) is 4.22. The number of aromatic nitrogens is 4. The number of carbonyl (C=O) groups excluding carboxylic acids is 2. The van der Waals surface area contributed by atoms with Gasteiger partial charge in [0.2, 0.25) is 18.3 Å². The lowest BCUT2D eigenvalue weighted by Gasteiger charge is -2.32. The van der Waals surface area contributed by atoms with E-state index in [1.54, 1.807) is 17.3 Å². The van der Waals surface area contributed by atoms with Crippen LogP contribution in [0, 0.1) is 0 Å². The van der Waals surface area contributed by atoms with Crippen molar-refractivity contribution in [2.45, 2.75) is 50.6 Å². The lowest BCUT2D eigenvalue weighted by atomic mass is 10.1. The minimum atomic E-state index is -0.0464. The van der Waals surface area contributed by atoms with Gasteiger partial charge in [0, 0.05) is 25.3 Å². The predicted molar refractivity (Wildman–Crippen MR) is 118 cm³/mol. The van der Waals surface area contributed by atoms with Crippen molar-refractivity contribution in [3.63, 3.8) is 0 Å². The first-order chi connectivity index (χ1) is 15.2. The maximum absolute atomic E-state index is 11.9. The highest BCUT2D eigenvalue weighted by molar-refractivity contribution is 5.87. The van der Waals surface area contributed by atoms with E-state index in [9.17, 15) is 9.59 Å². The summed E-state index contributed by atoms with van der Waals surface area (Å²) < 4.78 is 1.88. The van der Waals surface area contributed by atoms with Crippen LogP contribution in [0.5, 0.6) is 0 Å². The zero-order valence-corrected chi connectivity index (χ0v) is 17.5. The molecule has 2 aromatic rings. The van der Waals surface area contributed by atoms with Crippen LogP contribution >= 0.6 is 0 Å². The molecule has 2 aromatic heterocycles. The van der Waals surface area contributed by atoms with Crippen molar-refractivity contribution in [1.29, 1.82) is 0 Å². The Hall–Kier alpha value is -3.43. The summed E-state index contributed by atoms with van der Waals surface area (Å²) in [6.07, 6.45) is 13.6. The molecule has 1 atom stereocenters. The van der Waals surface area contributed by atoms with Crippen molar-refractivity contribution in [2.24, 2.45) is 0 Å². The minimum absolute atomic E-state index is 0.0464. The first kappa shape index (κ1) is 20.8. The van der Waals surface area contributed by atoms with Crippen molar-refractivity contribution < 1.29 is 9.59 Å². The van der Waals surface area contributed by atoms with Gasteiger partial charge in [-0.2, -0.15) is 10.1 Å². The first-order valence-corrected chi connectivity index (χ1v) is 10.7. The van der Waals surface area contributed by atoms with Gasteiger partial charge in [-0.15, -0.1) is 0 Å². The highest BCUT2D eigenvalue weighted by Crippen LogP contribution is 2.27. The Balaban J connectivity index is 1.45. The lowest BCUT2D eigenvalue weighted by Crippen LogP contribution is -2.39. The Bertz CT molecular complexity index is 937. The van der Waals surface area contributed by atoms with Gasteiger partial charge in [-0.05, 0) is 31.8 Å². The molecule has 1 aliphatic heterocycles. The van der Waals surface area contributed by atoms with Crippen LogP contribution in [0.3, 0.4) is 0 Å². The number of amides is 2. The number of rotatable bonds is 8. The molecule has 2 fully saturated rings. The van der Waals surface area contributed by atoms with Gasteiger partial charge >= 0.3 is 0 Å². The maximum Gasteiger partial charge on any atom is 0.246 e. The van der Waals surface area contributed by atoms with Gasteiger partial charge in [-0.3, -0.25) is 14.3 Å². The summed E-state index contributed by atoms with van der Waals surface area (Å²) in [7, 11) is 0. The highest BCUT2D eigenvalue weighted by atomic mass is 16.2. The fraction of sp³-hybridized carbons (Fsp3) is 0.476. The van der Waals surface area contributed by atoms with Gasteiger partial charge in [-0.1, -0.05) is 19.4 Å². The zero-order valence-electron chi connectivity index (χ0n) is 17.5. The monoisotopic (exact) mass is 424 g/mol. The quantitative estimate of drug-likeness (QED) is 0.440. The van der Waals surface area contributed by atoms with E-state index in [4.69, 9.17) is 0 Å². The average Bonchev–Trinajstić information content (AvgIpc) is 3.47. The Kier molecular flexibility index (Phi) is 6.44. The molecule has 1 saturated carbocycles. The van der Waals surface area contributed by atoms with Gasteiger partial charge in [0.1, 0.15) is 5.69 Å². The van der Waals surface area contributed by atoms with Crippen LogP contribution in [0.2, 0.25) is 0 Å². The molecule has 4 rings (SSSR count). The van der Waals surface area contributed by atoms with E-state index in [-0.39, 0.29) is 11.9 Å². The molecule has 2 aliphatic rings. The van der Waals surface area contributed by atoms with Gasteiger partial charge < -0.3 is 20.9 Å². The summed E-state index contributed by atoms with van der Waals surface area (Å²) in [5.74, 6) is 0.980. The summed E-state index contributed by atoms with van der Waals surface area (Å²) in [5.41, 5.74) is 1.31.